The molecule has 0 bridgehead atoms. The first-order valence-electron chi connectivity index (χ1n) is 16.9. The lowest BCUT2D eigenvalue weighted by Crippen LogP contribution is -2.26. The summed E-state index contributed by atoms with van der Waals surface area (Å²) < 4.78 is 55.6. The van der Waals surface area contributed by atoms with Crippen LogP contribution in [0.25, 0.3) is 21.8 Å². The molecule has 17 nitrogen and oxygen atoms in total. The van der Waals surface area contributed by atoms with E-state index < -0.39 is 31.9 Å². The molecule has 3 aromatic carbocycles. The molecule has 0 fully saturated rings. The van der Waals surface area contributed by atoms with Crippen LogP contribution in [0.5, 0.6) is 17.2 Å². The van der Waals surface area contributed by atoms with Crippen LogP contribution in [0.15, 0.2) is 54.9 Å². The normalized spacial score (nSPS) is 13.8. The summed E-state index contributed by atoms with van der Waals surface area (Å²) in [7, 11) is -4.47. The largest absolute Gasteiger partial charge is 0.508 e. The van der Waals surface area contributed by atoms with Crippen molar-refractivity contribution in [2.24, 2.45) is 0 Å². The van der Waals surface area contributed by atoms with Gasteiger partial charge in [0.15, 0.2) is 17.3 Å². The fourth-order valence-electron chi connectivity index (χ4n) is 6.93. The number of rotatable bonds is 8. The Hall–Kier alpha value is -5.54. The van der Waals surface area contributed by atoms with E-state index in [-0.39, 0.29) is 70.1 Å². The number of carbonyl (C=O) groups excluding carboxylic acids is 2. The minimum absolute atomic E-state index is 0.00761. The van der Waals surface area contributed by atoms with Crippen LogP contribution in [0.2, 0.25) is 9.49 Å². The Morgan fingerprint density at radius 1 is 0.759 bits per heavy atom. The fourth-order valence-corrected chi connectivity index (χ4v) is 8.83. The van der Waals surface area contributed by atoms with Crippen LogP contribution < -0.4 is 8.61 Å². The number of halogens is 2. The molecule has 3 aromatic heterocycles. The molecule has 2 aliphatic rings. The second kappa shape index (κ2) is 15.0. The van der Waals surface area contributed by atoms with E-state index in [1.54, 1.807) is 30.3 Å². The molecule has 6 aromatic rings. The van der Waals surface area contributed by atoms with Crippen LogP contribution in [0.1, 0.15) is 43.2 Å². The van der Waals surface area contributed by atoms with Crippen molar-refractivity contribution in [3.63, 3.8) is 0 Å². The molecule has 0 aliphatic carbocycles. The molecule has 0 unspecified atom stereocenters. The summed E-state index contributed by atoms with van der Waals surface area (Å²) in [6.07, 6.45) is 5.06. The number of aromatic nitrogens is 4. The monoisotopic (exact) mass is 886 g/mol. The van der Waals surface area contributed by atoms with Crippen LogP contribution in [0.4, 0.5) is 11.4 Å². The second-order valence-corrected chi connectivity index (χ2v) is 19.2. The summed E-state index contributed by atoms with van der Waals surface area (Å²) in [6.45, 7) is 0.263. The van der Waals surface area contributed by atoms with E-state index in [4.69, 9.17) is 23.2 Å². The number of nitrogens with zero attached hydrogens (tertiary/aromatic N) is 8. The average Bonchev–Trinajstić information content (AvgIpc) is 3.83. The number of benzene rings is 3. The number of carbonyl (C=O) groups is 2. The number of amides is 2. The SMILES string of the molecule is CN(c1c2c(c(O)c3ncccc13)C(=O)N(Cc1cc(Cl)ccc1O)C2)S(C)(=O)=O.CN(c1c2c(c(O)c3ncccc13)C(=O)N(Cc1nsc(Cl)n1)C2)S(C)(=O)=O. The Morgan fingerprint density at radius 2 is 1.24 bits per heavy atom. The Bertz CT molecular complexity index is 2930. The Morgan fingerprint density at radius 3 is 1.69 bits per heavy atom. The van der Waals surface area contributed by atoms with Gasteiger partial charge in [-0.25, -0.2) is 21.8 Å². The van der Waals surface area contributed by atoms with Crippen LogP contribution in [-0.2, 0) is 46.2 Å². The van der Waals surface area contributed by atoms with Crippen LogP contribution in [-0.4, -0.2) is 99.7 Å². The highest BCUT2D eigenvalue weighted by Crippen LogP contribution is 2.46. The predicted octanol–water partition coefficient (Wildman–Crippen LogP) is 4.85. The van der Waals surface area contributed by atoms with E-state index >= 15 is 0 Å². The van der Waals surface area contributed by atoms with Crippen molar-refractivity contribution in [2.75, 3.05) is 35.2 Å². The molecule has 0 saturated carbocycles. The highest BCUT2D eigenvalue weighted by Gasteiger charge is 2.39. The number of pyridine rings is 2. The van der Waals surface area contributed by atoms with Crippen molar-refractivity contribution in [1.29, 1.82) is 0 Å². The topological polar surface area (TPSA) is 228 Å². The first kappa shape index (κ1) is 40.6. The summed E-state index contributed by atoms with van der Waals surface area (Å²) in [4.78, 5) is 41.3. The van der Waals surface area contributed by atoms with Crippen molar-refractivity contribution in [3.8, 4) is 17.2 Å². The maximum atomic E-state index is 13.1. The van der Waals surface area contributed by atoms with Crippen molar-refractivity contribution < 1.29 is 41.7 Å². The van der Waals surface area contributed by atoms with E-state index in [1.807, 2.05) is 0 Å². The van der Waals surface area contributed by atoms with Crippen molar-refractivity contribution >= 4 is 99.8 Å². The van der Waals surface area contributed by atoms with Gasteiger partial charge in [-0.1, -0.05) is 11.6 Å². The van der Waals surface area contributed by atoms with Gasteiger partial charge in [-0.05, 0) is 65.6 Å². The van der Waals surface area contributed by atoms with Gasteiger partial charge in [0.05, 0.1) is 48.1 Å². The quantitative estimate of drug-likeness (QED) is 0.186. The van der Waals surface area contributed by atoms with Gasteiger partial charge in [-0.15, -0.1) is 0 Å². The summed E-state index contributed by atoms with van der Waals surface area (Å²) in [5, 5.41) is 32.9. The zero-order valence-corrected chi connectivity index (χ0v) is 34.8. The van der Waals surface area contributed by atoms with Gasteiger partial charge in [0.1, 0.15) is 16.8 Å². The third-order valence-electron chi connectivity index (χ3n) is 9.73. The molecule has 0 atom stereocenters. The molecular formula is C36H32Cl2N8O9S3. The Balaban J connectivity index is 0.000000177. The summed E-state index contributed by atoms with van der Waals surface area (Å²) >= 11 is 12.8. The zero-order chi connectivity index (χ0) is 42.0. The predicted molar refractivity (Wildman–Crippen MR) is 218 cm³/mol. The molecule has 0 saturated heterocycles. The molecule has 0 radical (unpaired) electrons. The van der Waals surface area contributed by atoms with Gasteiger partial charge in [-0.2, -0.15) is 4.37 Å². The van der Waals surface area contributed by atoms with E-state index in [1.165, 1.54) is 48.4 Å². The number of phenols is 3. The van der Waals surface area contributed by atoms with Gasteiger partial charge in [0, 0.05) is 72.1 Å². The molecular weight excluding hydrogens is 856 g/mol. The van der Waals surface area contributed by atoms with E-state index in [9.17, 15) is 41.7 Å². The molecule has 58 heavy (non-hydrogen) atoms. The number of aromatic hydroxyl groups is 3. The summed E-state index contributed by atoms with van der Waals surface area (Å²) in [6, 6.07) is 11.1. The molecule has 8 rings (SSSR count). The Kier molecular flexibility index (Phi) is 10.5. The number of hydrogen-bond acceptors (Lipinski definition) is 14. The third kappa shape index (κ3) is 7.25. The zero-order valence-electron chi connectivity index (χ0n) is 30.9. The van der Waals surface area contributed by atoms with E-state index in [0.717, 1.165) is 32.7 Å². The molecule has 5 heterocycles. The first-order valence-corrected chi connectivity index (χ1v) is 22.2. The van der Waals surface area contributed by atoms with E-state index in [2.05, 4.69) is 19.3 Å². The number of fused-ring (bicyclic) bond motifs is 4. The minimum atomic E-state index is -3.65. The smallest absolute Gasteiger partial charge is 0.258 e. The lowest BCUT2D eigenvalue weighted by atomic mass is 10.0. The Labute approximate surface area is 345 Å². The fraction of sp³-hybridized carbons (Fsp3) is 0.222. The molecule has 302 valence electrons. The summed E-state index contributed by atoms with van der Waals surface area (Å²) in [5.74, 6) is -1.15. The maximum Gasteiger partial charge on any atom is 0.258 e. The van der Waals surface area contributed by atoms with Gasteiger partial charge in [0.25, 0.3) is 11.8 Å². The average molecular weight is 888 g/mol. The van der Waals surface area contributed by atoms with Crippen molar-refractivity contribution in [2.45, 2.75) is 26.2 Å². The number of anilines is 2. The lowest BCUT2D eigenvalue weighted by molar-refractivity contribution is 0.0755. The van der Waals surface area contributed by atoms with E-state index in [0.29, 0.717) is 49.7 Å². The maximum absolute atomic E-state index is 13.1. The van der Waals surface area contributed by atoms with Crippen LogP contribution in [0, 0.1) is 0 Å². The number of phenolic OH excluding ortho intramolecular Hbond substituents is 3. The highest BCUT2D eigenvalue weighted by atomic mass is 35.5. The molecule has 2 amide bonds. The van der Waals surface area contributed by atoms with Gasteiger partial charge < -0.3 is 25.1 Å². The molecule has 0 spiro atoms. The third-order valence-corrected chi connectivity index (χ3v) is 13.2. The van der Waals surface area contributed by atoms with Crippen LogP contribution >= 0.6 is 34.7 Å². The first-order chi connectivity index (χ1) is 27.3. The molecule has 22 heteroatoms. The molecule has 3 N–H and O–H groups in total. The lowest BCUT2D eigenvalue weighted by Gasteiger charge is -2.22. The summed E-state index contributed by atoms with van der Waals surface area (Å²) in [5.41, 5.74) is 2.19. The van der Waals surface area contributed by atoms with Crippen molar-refractivity contribution in [3.05, 3.63) is 98.0 Å². The molecule has 2 aliphatic heterocycles. The number of hydrogen-bond donors (Lipinski definition) is 3. The minimum Gasteiger partial charge on any atom is -0.508 e. The second-order valence-electron chi connectivity index (χ2n) is 13.4. The van der Waals surface area contributed by atoms with Gasteiger partial charge >= 0.3 is 0 Å². The highest BCUT2D eigenvalue weighted by molar-refractivity contribution is 7.92. The standard InChI is InChI=1S/C20H18ClN3O5S.C16H14ClN5O4S2/c1-23(30(2,28)29)18-13-4-3-7-22-17(13)19(26)16-14(18)10-24(20(16)27)9-11-8-12(21)5-6-15(11)25;1-21(28(2,25)26)13-8-4-3-5-18-12(8)14(23)11-9(13)6-22(15(11)24)7-10-19-16(17)27-20-10/h3-8,25-26H,9-10H2,1-2H3;3-5,23H,6-7H2,1-2H3. The number of sulfonamides is 2. The van der Waals surface area contributed by atoms with Gasteiger partial charge in [-0.3, -0.25) is 28.2 Å². The van der Waals surface area contributed by atoms with Crippen molar-refractivity contribution in [1.82, 2.24) is 29.1 Å². The van der Waals surface area contributed by atoms with Crippen LogP contribution in [0.3, 0.4) is 0 Å². The van der Waals surface area contributed by atoms with Gasteiger partial charge in [0.2, 0.25) is 24.5 Å².